The van der Waals surface area contributed by atoms with Crippen LogP contribution in [0.25, 0.3) is 0 Å². The Hall–Kier alpha value is -1.42. The summed E-state index contributed by atoms with van der Waals surface area (Å²) in [6.45, 7) is 1.01. The van der Waals surface area contributed by atoms with E-state index in [9.17, 15) is 0 Å². The van der Waals surface area contributed by atoms with Crippen molar-refractivity contribution in [2.45, 2.75) is 13.2 Å². The van der Waals surface area contributed by atoms with Gasteiger partial charge in [0, 0.05) is 33.8 Å². The molecule has 2 aromatic carbocycles. The number of ether oxygens (including phenoxy) is 2. The fourth-order valence-corrected chi connectivity index (χ4v) is 2.46. The average molecular weight is 326 g/mol. The Morgan fingerprint density at radius 3 is 2.43 bits per heavy atom. The Labute approximate surface area is 134 Å². The van der Waals surface area contributed by atoms with E-state index in [4.69, 9.17) is 32.7 Å². The first kappa shape index (κ1) is 16.0. The molecule has 5 heteroatoms. The van der Waals surface area contributed by atoms with Crippen LogP contribution < -0.4 is 14.8 Å². The molecule has 0 radical (unpaired) electrons. The highest BCUT2D eigenvalue weighted by molar-refractivity contribution is 6.35. The van der Waals surface area contributed by atoms with Crippen LogP contribution in [0.2, 0.25) is 10.0 Å². The van der Waals surface area contributed by atoms with Crippen LogP contribution in [0, 0.1) is 0 Å². The van der Waals surface area contributed by atoms with Crippen LogP contribution in [0.15, 0.2) is 36.4 Å². The summed E-state index contributed by atoms with van der Waals surface area (Å²) in [6.07, 6.45) is 0. The van der Waals surface area contributed by atoms with E-state index in [1.54, 1.807) is 19.2 Å². The number of halogens is 2. The molecule has 1 N–H and O–H groups in total. The van der Waals surface area contributed by atoms with Gasteiger partial charge in [-0.2, -0.15) is 0 Å². The molecule has 0 fully saturated rings. The number of methoxy groups -OCH3 is 1. The van der Waals surface area contributed by atoms with Crippen molar-refractivity contribution >= 4 is 23.2 Å². The van der Waals surface area contributed by atoms with Gasteiger partial charge in [-0.05, 0) is 25.2 Å². The lowest BCUT2D eigenvalue weighted by molar-refractivity contribution is 0.300. The van der Waals surface area contributed by atoms with Gasteiger partial charge in [0.1, 0.15) is 18.1 Å². The van der Waals surface area contributed by atoms with Gasteiger partial charge in [0.05, 0.1) is 7.11 Å². The first-order chi connectivity index (χ1) is 10.2. The normalized spacial score (nSPS) is 10.5. The van der Waals surface area contributed by atoms with Crippen molar-refractivity contribution in [2.75, 3.05) is 14.2 Å². The second-order valence-corrected chi connectivity index (χ2v) is 5.31. The molecule has 0 amide bonds. The van der Waals surface area contributed by atoms with E-state index in [1.807, 2.05) is 31.3 Å². The van der Waals surface area contributed by atoms with Crippen LogP contribution in [-0.4, -0.2) is 14.2 Å². The van der Waals surface area contributed by atoms with Crippen molar-refractivity contribution in [1.82, 2.24) is 5.32 Å². The van der Waals surface area contributed by atoms with Gasteiger partial charge in [0.25, 0.3) is 0 Å². The van der Waals surface area contributed by atoms with Crippen molar-refractivity contribution in [3.63, 3.8) is 0 Å². The molecule has 0 atom stereocenters. The Morgan fingerprint density at radius 1 is 1.10 bits per heavy atom. The van der Waals surface area contributed by atoms with Crippen LogP contribution >= 0.6 is 23.2 Å². The molecule has 0 aromatic heterocycles. The second kappa shape index (κ2) is 7.55. The third-order valence-electron chi connectivity index (χ3n) is 3.08. The largest absolute Gasteiger partial charge is 0.497 e. The molecule has 0 heterocycles. The van der Waals surface area contributed by atoms with E-state index in [0.29, 0.717) is 23.2 Å². The van der Waals surface area contributed by atoms with Gasteiger partial charge in [0.2, 0.25) is 0 Å². The van der Waals surface area contributed by atoms with Crippen LogP contribution in [0.1, 0.15) is 11.1 Å². The van der Waals surface area contributed by atoms with E-state index in [-0.39, 0.29) is 0 Å². The summed E-state index contributed by atoms with van der Waals surface area (Å²) in [5, 5.41) is 4.31. The Balaban J connectivity index is 2.22. The molecule has 21 heavy (non-hydrogen) atoms. The molecule has 0 aliphatic carbocycles. The number of hydrogen-bond donors (Lipinski definition) is 1. The second-order valence-electron chi connectivity index (χ2n) is 4.49. The van der Waals surface area contributed by atoms with Gasteiger partial charge in [-0.3, -0.25) is 0 Å². The molecule has 0 unspecified atom stereocenters. The van der Waals surface area contributed by atoms with Crippen molar-refractivity contribution in [3.8, 4) is 11.5 Å². The molecule has 3 nitrogen and oxygen atoms in total. The van der Waals surface area contributed by atoms with Crippen LogP contribution in [-0.2, 0) is 13.2 Å². The van der Waals surface area contributed by atoms with Gasteiger partial charge >= 0.3 is 0 Å². The standard InChI is InChI=1S/C16H17Cl2NO2/c1-19-9-11-6-7-12(20-2)8-16(11)21-10-13-14(17)4-3-5-15(13)18/h3-8,19H,9-10H2,1-2H3. The monoisotopic (exact) mass is 325 g/mol. The van der Waals surface area contributed by atoms with E-state index >= 15 is 0 Å². The Morgan fingerprint density at radius 2 is 1.81 bits per heavy atom. The molecule has 0 saturated carbocycles. The molecule has 0 saturated heterocycles. The summed E-state index contributed by atoms with van der Waals surface area (Å²) in [5.41, 5.74) is 1.82. The maximum atomic E-state index is 6.15. The molecule has 2 aromatic rings. The first-order valence-corrected chi connectivity index (χ1v) is 7.28. The molecule has 0 aliphatic rings. The highest BCUT2D eigenvalue weighted by Gasteiger charge is 2.09. The zero-order valence-electron chi connectivity index (χ0n) is 12.0. The fraction of sp³-hybridized carbons (Fsp3) is 0.250. The highest BCUT2D eigenvalue weighted by atomic mass is 35.5. The zero-order chi connectivity index (χ0) is 15.2. The number of rotatable bonds is 6. The Bertz CT molecular complexity index is 597. The summed E-state index contributed by atoms with van der Waals surface area (Å²) in [4.78, 5) is 0. The molecule has 0 aliphatic heterocycles. The quantitative estimate of drug-likeness (QED) is 0.858. The molecule has 0 spiro atoms. The van der Waals surface area contributed by atoms with Gasteiger partial charge in [0.15, 0.2) is 0 Å². The lowest BCUT2D eigenvalue weighted by Crippen LogP contribution is -2.08. The lowest BCUT2D eigenvalue weighted by atomic mass is 10.2. The first-order valence-electron chi connectivity index (χ1n) is 6.53. The van der Waals surface area contributed by atoms with Crippen molar-refractivity contribution < 1.29 is 9.47 Å². The van der Waals surface area contributed by atoms with Crippen LogP contribution in [0.4, 0.5) is 0 Å². The van der Waals surface area contributed by atoms with Gasteiger partial charge < -0.3 is 14.8 Å². The lowest BCUT2D eigenvalue weighted by Gasteiger charge is -2.14. The molecule has 0 bridgehead atoms. The minimum absolute atomic E-state index is 0.308. The summed E-state index contributed by atoms with van der Waals surface area (Å²) < 4.78 is 11.1. The van der Waals surface area contributed by atoms with Crippen LogP contribution in [0.5, 0.6) is 11.5 Å². The molecule has 2 rings (SSSR count). The number of hydrogen-bond acceptors (Lipinski definition) is 3. The predicted octanol–water partition coefficient (Wildman–Crippen LogP) is 4.30. The van der Waals surface area contributed by atoms with Crippen molar-refractivity contribution in [3.05, 3.63) is 57.6 Å². The predicted molar refractivity (Wildman–Crippen MR) is 86.6 cm³/mol. The Kier molecular flexibility index (Phi) is 5.74. The number of benzene rings is 2. The third-order valence-corrected chi connectivity index (χ3v) is 3.78. The fourth-order valence-electron chi connectivity index (χ4n) is 1.95. The molecular formula is C16H17Cl2NO2. The third kappa shape index (κ3) is 4.03. The summed E-state index contributed by atoms with van der Waals surface area (Å²) >= 11 is 12.3. The molecular weight excluding hydrogens is 309 g/mol. The topological polar surface area (TPSA) is 30.5 Å². The smallest absolute Gasteiger partial charge is 0.127 e. The van der Waals surface area contributed by atoms with E-state index in [2.05, 4.69) is 5.32 Å². The van der Waals surface area contributed by atoms with E-state index in [1.165, 1.54) is 0 Å². The zero-order valence-corrected chi connectivity index (χ0v) is 13.5. The average Bonchev–Trinajstić information content (AvgIpc) is 2.48. The van der Waals surface area contributed by atoms with Crippen LogP contribution in [0.3, 0.4) is 0 Å². The van der Waals surface area contributed by atoms with Crippen molar-refractivity contribution in [2.24, 2.45) is 0 Å². The minimum Gasteiger partial charge on any atom is -0.497 e. The highest BCUT2D eigenvalue weighted by Crippen LogP contribution is 2.29. The van der Waals surface area contributed by atoms with Gasteiger partial charge in [-0.15, -0.1) is 0 Å². The van der Waals surface area contributed by atoms with Gasteiger partial charge in [-0.1, -0.05) is 35.3 Å². The van der Waals surface area contributed by atoms with Crippen molar-refractivity contribution in [1.29, 1.82) is 0 Å². The van der Waals surface area contributed by atoms with Gasteiger partial charge in [-0.25, -0.2) is 0 Å². The van der Waals surface area contributed by atoms with E-state index < -0.39 is 0 Å². The summed E-state index contributed by atoms with van der Waals surface area (Å²) in [5.74, 6) is 1.50. The SMILES string of the molecule is CNCc1ccc(OC)cc1OCc1c(Cl)cccc1Cl. The summed E-state index contributed by atoms with van der Waals surface area (Å²) in [6, 6.07) is 11.1. The molecule has 112 valence electrons. The van der Waals surface area contributed by atoms with E-state index in [0.717, 1.165) is 22.6 Å². The minimum atomic E-state index is 0.308. The number of nitrogens with one attached hydrogen (secondary N) is 1. The summed E-state index contributed by atoms with van der Waals surface area (Å²) in [7, 11) is 3.51. The maximum absolute atomic E-state index is 6.15. The maximum Gasteiger partial charge on any atom is 0.127 e.